The van der Waals surface area contributed by atoms with Gasteiger partial charge in [0.1, 0.15) is 12.8 Å². The molecule has 1 N–H and O–H groups in total. The number of nitrogens with one attached hydrogen (secondary N) is 1. The van der Waals surface area contributed by atoms with Crippen molar-refractivity contribution in [3.8, 4) is 0 Å². The molecule has 0 spiro atoms. The van der Waals surface area contributed by atoms with Gasteiger partial charge in [-0.05, 0) is 9.05 Å². The lowest BCUT2D eigenvalue weighted by molar-refractivity contribution is -0.379. The van der Waals surface area contributed by atoms with E-state index in [2.05, 4.69) is 4.94 Å². The normalized spacial score (nSPS) is 11.6. The molecule has 0 aliphatic heterocycles. The van der Waals surface area contributed by atoms with Gasteiger partial charge in [0.25, 0.3) is 0 Å². The second kappa shape index (κ2) is 11.3. The first-order valence-corrected chi connectivity index (χ1v) is 4.80. The molecule has 0 aliphatic rings. The van der Waals surface area contributed by atoms with Gasteiger partial charge in [0.15, 0.2) is 0 Å². The number of carbonyl (C=O) groups excluding carboxylic acids is 1. The molecule has 0 atom stereocenters. The molecule has 0 rings (SSSR count). The van der Waals surface area contributed by atoms with Gasteiger partial charge < -0.3 is 5.32 Å². The van der Waals surface area contributed by atoms with Gasteiger partial charge in [-0.25, -0.2) is 0 Å². The number of rotatable bonds is 3. The van der Waals surface area contributed by atoms with Crippen LogP contribution >= 0.6 is 0 Å². The van der Waals surface area contributed by atoms with E-state index in [9.17, 15) is 49.0 Å². The molecule has 0 unspecified atom stereocenters. The third-order valence-corrected chi connectivity index (χ3v) is 1.16. The molecule has 1 amide bonds. The van der Waals surface area contributed by atoms with Crippen LogP contribution in [-0.2, 0) is 14.7 Å². The number of alkyl halides is 8. The molecule has 0 saturated heterocycles. The topological polar surface area (TPSA) is 47.6 Å². The summed E-state index contributed by atoms with van der Waals surface area (Å²) in [6.45, 7) is 0. The van der Waals surface area contributed by atoms with Gasteiger partial charge in [0.05, 0.1) is 7.11 Å². The highest BCUT2D eigenvalue weighted by Crippen LogP contribution is 2.32. The maximum Gasteiger partial charge on any atom is 0.397 e. The van der Waals surface area contributed by atoms with E-state index in [0.717, 1.165) is 14.2 Å². The summed E-state index contributed by atoms with van der Waals surface area (Å²) >= 11 is 0. The molecule has 0 radical (unpaired) electrons. The van der Waals surface area contributed by atoms with Crippen molar-refractivity contribution >= 4 is 5.91 Å². The molecule has 0 bridgehead atoms. The lowest BCUT2D eigenvalue weighted by Gasteiger charge is -2.11. The van der Waals surface area contributed by atoms with E-state index >= 15 is 0 Å². The average molecular weight is 359 g/mol. The molecule has 0 saturated carbocycles. The van der Waals surface area contributed by atoms with E-state index in [4.69, 9.17) is 0 Å². The monoisotopic (exact) mass is 359 g/mol. The summed E-state index contributed by atoms with van der Waals surface area (Å²) in [7, 11) is 2.12. The van der Waals surface area contributed by atoms with E-state index in [1.165, 1.54) is 0 Å². The van der Waals surface area contributed by atoms with Crippen molar-refractivity contribution in [3.63, 3.8) is 0 Å². The van der Waals surface area contributed by atoms with E-state index in [0.29, 0.717) is 0 Å². The molecule has 0 fully saturated rings. The maximum atomic E-state index is 11.3. The summed E-state index contributed by atoms with van der Waals surface area (Å²) in [5.74, 6) is -1.01. The highest BCUT2D eigenvalue weighted by atomic mass is 19.4. The maximum absolute atomic E-state index is 11.3. The van der Waals surface area contributed by atoms with Crippen LogP contribution < -0.4 is 5.32 Å². The van der Waals surface area contributed by atoms with E-state index in [1.807, 2.05) is 5.32 Å². The number of hydrogen-bond donors (Lipinski definition) is 1. The minimum Gasteiger partial charge on any atom is -0.359 e. The third-order valence-electron chi connectivity index (χ3n) is 1.16. The summed E-state index contributed by atoms with van der Waals surface area (Å²) in [5.41, 5.74) is 0. The summed E-state index contributed by atoms with van der Waals surface area (Å²) in [5, 5.41) is 1.86. The van der Waals surface area contributed by atoms with Crippen molar-refractivity contribution in [1.82, 2.24) is 5.32 Å². The Morgan fingerprint density at radius 3 is 1.41 bits per heavy atom. The highest BCUT2D eigenvalue weighted by molar-refractivity contribution is 5.76. The van der Waals surface area contributed by atoms with Gasteiger partial charge in [-0.3, -0.25) is 4.79 Å². The Morgan fingerprint density at radius 1 is 0.955 bits per heavy atom. The Morgan fingerprint density at radius 2 is 1.32 bits per heavy atom. The Hall–Kier alpha value is -1.31. The van der Waals surface area contributed by atoms with Crippen LogP contribution in [0.2, 0.25) is 0 Å². The zero-order valence-electron chi connectivity index (χ0n) is 10.9. The standard InChI is InChI=1S/C4H6F3NO.C3H2F6O.CH3FO/c1-8-3(9)2-4(5,6)7;4-2(5,6)1-3(7,8)10-9;1-3-2/h2H2,1H3,(H,8,9);1H2;1H3. The number of amides is 1. The van der Waals surface area contributed by atoms with Gasteiger partial charge in [-0.2, -0.15) is 40.1 Å². The van der Waals surface area contributed by atoms with Gasteiger partial charge in [0.2, 0.25) is 5.91 Å². The summed E-state index contributed by atoms with van der Waals surface area (Å²) < 4.78 is 110. The molecule has 0 aliphatic carbocycles. The molecule has 0 heterocycles. The lowest BCUT2D eigenvalue weighted by atomic mass is 10.4. The van der Waals surface area contributed by atoms with Crippen molar-refractivity contribution in [2.45, 2.75) is 31.3 Å². The second-order valence-electron chi connectivity index (χ2n) is 3.13. The van der Waals surface area contributed by atoms with Gasteiger partial charge in [-0.15, -0.1) is 4.94 Å². The minimum absolute atomic E-state index is 0.958. The summed E-state index contributed by atoms with van der Waals surface area (Å²) in [6, 6.07) is 0. The predicted molar refractivity (Wildman–Crippen MR) is 50.7 cm³/mol. The highest BCUT2D eigenvalue weighted by Gasteiger charge is 2.45. The van der Waals surface area contributed by atoms with Crippen LogP contribution in [0.15, 0.2) is 0 Å². The van der Waals surface area contributed by atoms with Crippen molar-refractivity contribution in [2.75, 3.05) is 14.2 Å². The first-order chi connectivity index (χ1) is 9.64. The van der Waals surface area contributed by atoms with Crippen molar-refractivity contribution in [1.29, 1.82) is 0 Å². The minimum atomic E-state index is -5.13. The van der Waals surface area contributed by atoms with Crippen LogP contribution in [-0.4, -0.2) is 38.5 Å². The van der Waals surface area contributed by atoms with Crippen LogP contribution in [0.25, 0.3) is 0 Å². The lowest BCUT2D eigenvalue weighted by Crippen LogP contribution is -2.26. The first kappa shape index (κ1) is 25.6. The molecule has 136 valence electrons. The van der Waals surface area contributed by atoms with Crippen LogP contribution in [0.4, 0.5) is 44.2 Å². The fourth-order valence-corrected chi connectivity index (χ4v) is 0.531. The van der Waals surface area contributed by atoms with Gasteiger partial charge >= 0.3 is 18.5 Å². The second-order valence-corrected chi connectivity index (χ2v) is 3.13. The van der Waals surface area contributed by atoms with E-state index in [-0.39, 0.29) is 0 Å². The number of carbonyl (C=O) groups is 1. The van der Waals surface area contributed by atoms with Gasteiger partial charge in [-0.1, -0.05) is 0 Å². The number of halogens is 10. The molecule has 4 nitrogen and oxygen atoms in total. The predicted octanol–water partition coefficient (Wildman–Crippen LogP) is 3.63. The zero-order valence-corrected chi connectivity index (χ0v) is 10.9. The first-order valence-electron chi connectivity index (χ1n) is 4.80. The Balaban J connectivity index is -0.000000279. The third kappa shape index (κ3) is 27.1. The molecule has 0 aromatic rings. The van der Waals surface area contributed by atoms with Crippen molar-refractivity contribution in [3.05, 3.63) is 0 Å². The van der Waals surface area contributed by atoms with Gasteiger partial charge in [0, 0.05) is 7.05 Å². The fraction of sp³-hybridized carbons (Fsp3) is 0.875. The van der Waals surface area contributed by atoms with E-state index < -0.39 is 37.2 Å². The zero-order chi connectivity index (χ0) is 18.6. The van der Waals surface area contributed by atoms with Crippen LogP contribution in [0.5, 0.6) is 0 Å². The molecular formula is C8H11F10NO3. The Kier molecular flexibility index (Phi) is 13.1. The Labute approximate surface area is 117 Å². The summed E-state index contributed by atoms with van der Waals surface area (Å²) in [4.78, 5) is 14.5. The van der Waals surface area contributed by atoms with Crippen LogP contribution in [0, 0.1) is 0 Å². The number of hydrogen-bond acceptors (Lipinski definition) is 3. The molecule has 0 aromatic carbocycles. The Bertz CT molecular complexity index is 291. The summed E-state index contributed by atoms with van der Waals surface area (Å²) in [6.07, 6.45) is -18.3. The van der Waals surface area contributed by atoms with Crippen molar-refractivity contribution < 1.29 is 58.9 Å². The molecule has 0 aromatic heterocycles. The SMILES string of the molecule is CNC(=O)CC(F)(F)F.COF.FOC(F)(F)CC(F)(F)F. The van der Waals surface area contributed by atoms with Crippen LogP contribution in [0.3, 0.4) is 0 Å². The largest absolute Gasteiger partial charge is 0.397 e. The molecular weight excluding hydrogens is 348 g/mol. The molecule has 14 heteroatoms. The average Bonchev–Trinajstić information content (AvgIpc) is 2.25. The quantitative estimate of drug-likeness (QED) is 0.783. The van der Waals surface area contributed by atoms with Crippen molar-refractivity contribution in [2.24, 2.45) is 0 Å². The smallest absolute Gasteiger partial charge is 0.359 e. The fourth-order valence-electron chi connectivity index (χ4n) is 0.531. The molecule has 22 heavy (non-hydrogen) atoms. The van der Waals surface area contributed by atoms with E-state index in [1.54, 1.807) is 4.94 Å². The van der Waals surface area contributed by atoms with Crippen LogP contribution in [0.1, 0.15) is 12.8 Å².